The molecule has 6 heteroatoms. The Balaban J connectivity index is 2.58. The minimum absolute atomic E-state index is 0.122. The number of carbonyl (C=O) groups excluding carboxylic acids is 1. The predicted octanol–water partition coefficient (Wildman–Crippen LogP) is 1.92. The molecule has 1 heterocycles. The van der Waals surface area contributed by atoms with E-state index in [1.54, 1.807) is 26.3 Å². The summed E-state index contributed by atoms with van der Waals surface area (Å²) in [6.07, 6.45) is 3.76. The van der Waals surface area contributed by atoms with E-state index in [2.05, 4.69) is 5.32 Å². The van der Waals surface area contributed by atoms with Gasteiger partial charge >= 0.3 is 12.0 Å². The number of furan rings is 1. The quantitative estimate of drug-likeness (QED) is 0.825. The van der Waals surface area contributed by atoms with Gasteiger partial charge < -0.3 is 19.7 Å². The molecule has 0 aliphatic rings. The third-order valence-corrected chi connectivity index (χ3v) is 3.10. The van der Waals surface area contributed by atoms with Crippen molar-refractivity contribution in [1.29, 1.82) is 0 Å². The Morgan fingerprint density at radius 2 is 2.21 bits per heavy atom. The second-order valence-electron chi connectivity index (χ2n) is 4.64. The van der Waals surface area contributed by atoms with Crippen LogP contribution >= 0.6 is 0 Å². The van der Waals surface area contributed by atoms with Gasteiger partial charge in [0.15, 0.2) is 0 Å². The van der Waals surface area contributed by atoms with E-state index < -0.39 is 18.0 Å². The molecule has 2 atom stereocenters. The van der Waals surface area contributed by atoms with Gasteiger partial charge in [0.2, 0.25) is 0 Å². The van der Waals surface area contributed by atoms with Crippen LogP contribution in [0.25, 0.3) is 0 Å². The van der Waals surface area contributed by atoms with E-state index in [1.165, 1.54) is 11.2 Å². The van der Waals surface area contributed by atoms with E-state index in [0.29, 0.717) is 13.0 Å². The van der Waals surface area contributed by atoms with Crippen molar-refractivity contribution >= 4 is 12.0 Å². The van der Waals surface area contributed by atoms with Crippen LogP contribution in [0, 0.1) is 5.92 Å². The lowest BCUT2D eigenvalue weighted by molar-refractivity contribution is -0.140. The molecule has 0 bridgehead atoms. The molecule has 2 amide bonds. The van der Waals surface area contributed by atoms with Gasteiger partial charge in [0, 0.05) is 12.6 Å². The Morgan fingerprint density at radius 3 is 2.68 bits per heavy atom. The molecule has 0 aromatic carbocycles. The van der Waals surface area contributed by atoms with Crippen molar-refractivity contribution in [2.24, 2.45) is 5.92 Å². The van der Waals surface area contributed by atoms with Crippen molar-refractivity contribution in [2.75, 3.05) is 7.05 Å². The molecule has 0 aliphatic carbocycles. The van der Waals surface area contributed by atoms with Gasteiger partial charge in [0.05, 0.1) is 19.1 Å². The SMILES string of the molecule is CC[C@H](C)[C@H](NC(=O)N(C)Cc1ccoc1)C(=O)O. The number of aliphatic carboxylic acids is 1. The number of carboxylic acids is 1. The lowest BCUT2D eigenvalue weighted by Crippen LogP contribution is -2.49. The molecule has 2 N–H and O–H groups in total. The van der Waals surface area contributed by atoms with Crippen LogP contribution in [0.3, 0.4) is 0 Å². The van der Waals surface area contributed by atoms with Crippen molar-refractivity contribution in [1.82, 2.24) is 10.2 Å². The highest BCUT2D eigenvalue weighted by Crippen LogP contribution is 2.09. The number of carboxylic acid groups (broad SMARTS) is 1. The van der Waals surface area contributed by atoms with Crippen molar-refractivity contribution in [3.8, 4) is 0 Å². The Morgan fingerprint density at radius 1 is 1.53 bits per heavy atom. The van der Waals surface area contributed by atoms with Crippen LogP contribution < -0.4 is 5.32 Å². The molecular formula is C13H20N2O4. The summed E-state index contributed by atoms with van der Waals surface area (Å²) in [5.41, 5.74) is 0.855. The molecule has 106 valence electrons. The molecule has 0 unspecified atom stereocenters. The number of nitrogens with one attached hydrogen (secondary N) is 1. The molecular weight excluding hydrogens is 248 g/mol. The van der Waals surface area contributed by atoms with Gasteiger partial charge in [-0.05, 0) is 12.0 Å². The number of carbonyl (C=O) groups is 2. The number of nitrogens with zero attached hydrogens (tertiary/aromatic N) is 1. The molecule has 0 saturated carbocycles. The van der Waals surface area contributed by atoms with Gasteiger partial charge in [0.1, 0.15) is 6.04 Å². The van der Waals surface area contributed by atoms with Crippen LogP contribution in [0.4, 0.5) is 4.79 Å². The van der Waals surface area contributed by atoms with E-state index in [1.807, 2.05) is 6.92 Å². The minimum Gasteiger partial charge on any atom is -0.480 e. The summed E-state index contributed by atoms with van der Waals surface area (Å²) < 4.78 is 4.92. The van der Waals surface area contributed by atoms with Crippen molar-refractivity contribution in [3.63, 3.8) is 0 Å². The maximum Gasteiger partial charge on any atom is 0.326 e. The average molecular weight is 268 g/mol. The highest BCUT2D eigenvalue weighted by atomic mass is 16.4. The summed E-state index contributed by atoms with van der Waals surface area (Å²) in [6, 6.07) is 0.478. The number of rotatable bonds is 6. The Hall–Kier alpha value is -1.98. The molecule has 1 aromatic rings. The zero-order valence-electron chi connectivity index (χ0n) is 11.4. The van der Waals surface area contributed by atoms with E-state index in [0.717, 1.165) is 5.56 Å². The standard InChI is InChI=1S/C13H20N2O4/c1-4-9(2)11(12(16)17)14-13(18)15(3)7-10-5-6-19-8-10/h5-6,8-9,11H,4,7H2,1-3H3,(H,14,18)(H,16,17)/t9-,11-/m0/s1. The Labute approximate surface area is 112 Å². The van der Waals surface area contributed by atoms with Gasteiger partial charge in [0.25, 0.3) is 0 Å². The highest BCUT2D eigenvalue weighted by molar-refractivity contribution is 5.82. The highest BCUT2D eigenvalue weighted by Gasteiger charge is 2.26. The molecule has 0 radical (unpaired) electrons. The number of amides is 2. The van der Waals surface area contributed by atoms with E-state index in [-0.39, 0.29) is 5.92 Å². The molecule has 0 fully saturated rings. The first kappa shape index (κ1) is 15.1. The fraction of sp³-hybridized carbons (Fsp3) is 0.538. The van der Waals surface area contributed by atoms with Crippen LogP contribution in [0.5, 0.6) is 0 Å². The summed E-state index contributed by atoms with van der Waals surface area (Å²) in [4.78, 5) is 24.5. The van der Waals surface area contributed by atoms with Gasteiger partial charge in [-0.3, -0.25) is 0 Å². The number of urea groups is 1. The second-order valence-corrected chi connectivity index (χ2v) is 4.64. The first-order chi connectivity index (χ1) is 8.95. The third kappa shape index (κ3) is 4.31. The lowest BCUT2D eigenvalue weighted by atomic mass is 9.99. The lowest BCUT2D eigenvalue weighted by Gasteiger charge is -2.24. The summed E-state index contributed by atoms with van der Waals surface area (Å²) in [7, 11) is 1.61. The summed E-state index contributed by atoms with van der Waals surface area (Å²) in [6.45, 7) is 4.06. The van der Waals surface area contributed by atoms with Crippen molar-refractivity contribution in [2.45, 2.75) is 32.9 Å². The first-order valence-electron chi connectivity index (χ1n) is 6.21. The fourth-order valence-electron chi connectivity index (χ4n) is 1.65. The van der Waals surface area contributed by atoms with Crippen LogP contribution in [0.2, 0.25) is 0 Å². The zero-order chi connectivity index (χ0) is 14.4. The van der Waals surface area contributed by atoms with E-state index in [4.69, 9.17) is 9.52 Å². The maximum absolute atomic E-state index is 11.9. The second kappa shape index (κ2) is 6.82. The van der Waals surface area contributed by atoms with Gasteiger partial charge in [-0.15, -0.1) is 0 Å². The Kier molecular flexibility index (Phi) is 5.41. The predicted molar refractivity (Wildman–Crippen MR) is 69.6 cm³/mol. The zero-order valence-corrected chi connectivity index (χ0v) is 11.4. The van der Waals surface area contributed by atoms with Crippen LogP contribution in [0.1, 0.15) is 25.8 Å². The van der Waals surface area contributed by atoms with Gasteiger partial charge in [-0.25, -0.2) is 9.59 Å². The van der Waals surface area contributed by atoms with Gasteiger partial charge in [-0.2, -0.15) is 0 Å². The Bertz CT molecular complexity index is 416. The normalized spacial score (nSPS) is 13.6. The number of hydrogen-bond acceptors (Lipinski definition) is 3. The van der Waals surface area contributed by atoms with E-state index >= 15 is 0 Å². The molecule has 6 nitrogen and oxygen atoms in total. The van der Waals surface area contributed by atoms with Crippen molar-refractivity contribution < 1.29 is 19.1 Å². The van der Waals surface area contributed by atoms with Crippen LogP contribution in [-0.2, 0) is 11.3 Å². The summed E-state index contributed by atoms with van der Waals surface area (Å²) in [5.74, 6) is -1.14. The first-order valence-corrected chi connectivity index (χ1v) is 6.21. The van der Waals surface area contributed by atoms with Crippen LogP contribution in [0.15, 0.2) is 23.0 Å². The topological polar surface area (TPSA) is 82.8 Å². The molecule has 19 heavy (non-hydrogen) atoms. The number of hydrogen-bond donors (Lipinski definition) is 2. The molecule has 1 aromatic heterocycles. The molecule has 0 saturated heterocycles. The summed E-state index contributed by atoms with van der Waals surface area (Å²) in [5, 5.41) is 11.7. The average Bonchev–Trinajstić information content (AvgIpc) is 2.86. The van der Waals surface area contributed by atoms with Gasteiger partial charge in [-0.1, -0.05) is 20.3 Å². The summed E-state index contributed by atoms with van der Waals surface area (Å²) >= 11 is 0. The molecule has 0 spiro atoms. The molecule has 1 rings (SSSR count). The van der Waals surface area contributed by atoms with Crippen LogP contribution in [-0.4, -0.2) is 35.1 Å². The molecule has 0 aliphatic heterocycles. The van der Waals surface area contributed by atoms with Crippen molar-refractivity contribution in [3.05, 3.63) is 24.2 Å². The maximum atomic E-state index is 11.9. The van der Waals surface area contributed by atoms with E-state index in [9.17, 15) is 9.59 Å². The minimum atomic E-state index is -1.01. The largest absolute Gasteiger partial charge is 0.480 e. The fourth-order valence-corrected chi connectivity index (χ4v) is 1.65. The smallest absolute Gasteiger partial charge is 0.326 e. The third-order valence-electron chi connectivity index (χ3n) is 3.10. The monoisotopic (exact) mass is 268 g/mol.